The highest BCUT2D eigenvalue weighted by molar-refractivity contribution is 5.51. The highest BCUT2D eigenvalue weighted by Gasteiger charge is 2.31. The van der Waals surface area contributed by atoms with E-state index in [4.69, 9.17) is 10.4 Å². The highest BCUT2D eigenvalue weighted by atomic mass is 16.3. The Labute approximate surface area is 88.0 Å². The third kappa shape index (κ3) is 2.05. The first kappa shape index (κ1) is 9.87. The van der Waals surface area contributed by atoms with E-state index in [1.54, 1.807) is 6.20 Å². The van der Waals surface area contributed by atoms with Crippen LogP contribution < -0.4 is 4.90 Å². The number of nitriles is 1. The normalized spacial score (nSPS) is 14.7. The fourth-order valence-electron chi connectivity index (χ4n) is 1.58. The molecule has 1 aromatic rings. The molecular formula is C10H12N4O. The van der Waals surface area contributed by atoms with E-state index in [0.717, 1.165) is 12.8 Å². The summed E-state index contributed by atoms with van der Waals surface area (Å²) in [5.41, 5.74) is 0.331. The first-order valence-corrected chi connectivity index (χ1v) is 4.95. The van der Waals surface area contributed by atoms with Crippen LogP contribution >= 0.6 is 0 Å². The van der Waals surface area contributed by atoms with Gasteiger partial charge in [-0.1, -0.05) is 0 Å². The fourth-order valence-corrected chi connectivity index (χ4v) is 1.58. The van der Waals surface area contributed by atoms with Gasteiger partial charge in [-0.2, -0.15) is 5.26 Å². The highest BCUT2D eigenvalue weighted by Crippen LogP contribution is 2.31. The summed E-state index contributed by atoms with van der Waals surface area (Å²) in [6.45, 7) is 0.579. The molecule has 0 aromatic carbocycles. The van der Waals surface area contributed by atoms with Gasteiger partial charge in [0, 0.05) is 25.0 Å². The van der Waals surface area contributed by atoms with Crippen molar-refractivity contribution in [3.05, 3.63) is 18.1 Å². The maximum Gasteiger partial charge on any atom is 0.183 e. The summed E-state index contributed by atoms with van der Waals surface area (Å²) in [6, 6.07) is 2.44. The van der Waals surface area contributed by atoms with Crippen molar-refractivity contribution in [2.75, 3.05) is 18.1 Å². The molecule has 1 saturated carbocycles. The van der Waals surface area contributed by atoms with Crippen LogP contribution in [0.3, 0.4) is 0 Å². The van der Waals surface area contributed by atoms with Crippen LogP contribution in [0.1, 0.15) is 18.5 Å². The first-order chi connectivity index (χ1) is 7.36. The quantitative estimate of drug-likeness (QED) is 0.764. The van der Waals surface area contributed by atoms with Crippen molar-refractivity contribution in [2.45, 2.75) is 18.9 Å². The number of aliphatic hydroxyl groups is 1. The van der Waals surface area contributed by atoms with Gasteiger partial charge in [0.05, 0.1) is 6.61 Å². The average Bonchev–Trinajstić information content (AvgIpc) is 3.10. The number of rotatable bonds is 4. The van der Waals surface area contributed by atoms with E-state index in [9.17, 15) is 0 Å². The SMILES string of the molecule is N#Cc1nccnc1N(CCO)C1CC1. The minimum Gasteiger partial charge on any atom is -0.395 e. The van der Waals surface area contributed by atoms with E-state index in [1.165, 1.54) is 6.20 Å². The molecule has 1 aliphatic carbocycles. The molecule has 1 aromatic heterocycles. The Bertz CT molecular complexity index is 383. The number of aromatic nitrogens is 2. The lowest BCUT2D eigenvalue weighted by molar-refractivity contribution is 0.301. The summed E-state index contributed by atoms with van der Waals surface area (Å²) < 4.78 is 0. The van der Waals surface area contributed by atoms with Gasteiger partial charge in [0.1, 0.15) is 6.07 Å². The Morgan fingerprint density at radius 3 is 2.80 bits per heavy atom. The number of anilines is 1. The van der Waals surface area contributed by atoms with Crippen LogP contribution in [-0.4, -0.2) is 34.3 Å². The third-order valence-corrected chi connectivity index (χ3v) is 2.39. The molecular weight excluding hydrogens is 192 g/mol. The van der Waals surface area contributed by atoms with Crippen LogP contribution in [0.25, 0.3) is 0 Å². The predicted molar refractivity (Wildman–Crippen MR) is 54.2 cm³/mol. The van der Waals surface area contributed by atoms with Crippen molar-refractivity contribution >= 4 is 5.82 Å². The molecule has 0 aliphatic heterocycles. The Hall–Kier alpha value is -1.67. The molecule has 2 rings (SSSR count). The van der Waals surface area contributed by atoms with Crippen LogP contribution in [0, 0.1) is 11.3 Å². The summed E-state index contributed by atoms with van der Waals surface area (Å²) in [5, 5.41) is 17.9. The molecule has 0 atom stereocenters. The summed E-state index contributed by atoms with van der Waals surface area (Å²) in [6.07, 6.45) is 5.28. The van der Waals surface area contributed by atoms with Crippen molar-refractivity contribution in [3.63, 3.8) is 0 Å². The van der Waals surface area contributed by atoms with Crippen molar-refractivity contribution in [2.24, 2.45) is 0 Å². The average molecular weight is 204 g/mol. The number of hydrogen-bond donors (Lipinski definition) is 1. The molecule has 0 saturated heterocycles. The van der Waals surface area contributed by atoms with Crippen molar-refractivity contribution < 1.29 is 5.11 Å². The smallest absolute Gasteiger partial charge is 0.183 e. The number of nitrogens with zero attached hydrogens (tertiary/aromatic N) is 4. The summed E-state index contributed by atoms with van der Waals surface area (Å²) in [4.78, 5) is 10.1. The molecule has 78 valence electrons. The van der Waals surface area contributed by atoms with Crippen LogP contribution in [0.15, 0.2) is 12.4 Å². The second-order valence-corrected chi connectivity index (χ2v) is 3.49. The molecule has 5 nitrogen and oxygen atoms in total. The van der Waals surface area contributed by atoms with Crippen LogP contribution in [0.2, 0.25) is 0 Å². The van der Waals surface area contributed by atoms with Gasteiger partial charge in [-0.3, -0.25) is 0 Å². The fraction of sp³-hybridized carbons (Fsp3) is 0.500. The Kier molecular flexibility index (Phi) is 2.79. The maximum atomic E-state index is 8.97. The van der Waals surface area contributed by atoms with Crippen molar-refractivity contribution in [1.29, 1.82) is 5.26 Å². The molecule has 1 fully saturated rings. The van der Waals surface area contributed by atoms with E-state index in [-0.39, 0.29) is 6.61 Å². The Morgan fingerprint density at radius 1 is 1.47 bits per heavy atom. The lowest BCUT2D eigenvalue weighted by Gasteiger charge is -2.22. The summed E-state index contributed by atoms with van der Waals surface area (Å²) in [5.74, 6) is 0.594. The van der Waals surface area contributed by atoms with Gasteiger partial charge in [-0.25, -0.2) is 9.97 Å². The van der Waals surface area contributed by atoms with Gasteiger partial charge in [0.15, 0.2) is 11.5 Å². The zero-order chi connectivity index (χ0) is 10.7. The minimum absolute atomic E-state index is 0.0674. The third-order valence-electron chi connectivity index (χ3n) is 2.39. The monoisotopic (exact) mass is 204 g/mol. The van der Waals surface area contributed by atoms with Gasteiger partial charge in [0.25, 0.3) is 0 Å². The number of hydrogen-bond acceptors (Lipinski definition) is 5. The topological polar surface area (TPSA) is 73.0 Å². The Morgan fingerprint density at radius 2 is 2.20 bits per heavy atom. The van der Waals surface area contributed by atoms with Crippen LogP contribution in [-0.2, 0) is 0 Å². The van der Waals surface area contributed by atoms with Crippen LogP contribution in [0.4, 0.5) is 5.82 Å². The second kappa shape index (κ2) is 4.24. The molecule has 0 bridgehead atoms. The Balaban J connectivity index is 2.28. The first-order valence-electron chi connectivity index (χ1n) is 4.95. The molecule has 0 unspecified atom stereocenters. The lowest BCUT2D eigenvalue weighted by Crippen LogP contribution is -2.30. The molecule has 15 heavy (non-hydrogen) atoms. The molecule has 1 heterocycles. The molecule has 0 amide bonds. The zero-order valence-electron chi connectivity index (χ0n) is 8.30. The largest absolute Gasteiger partial charge is 0.395 e. The molecule has 0 radical (unpaired) electrons. The summed E-state index contributed by atoms with van der Waals surface area (Å²) >= 11 is 0. The predicted octanol–water partition coefficient (Wildman–Crippen LogP) is 0.309. The van der Waals surface area contributed by atoms with Gasteiger partial charge in [-0.05, 0) is 12.8 Å². The van der Waals surface area contributed by atoms with Gasteiger partial charge >= 0.3 is 0 Å². The van der Waals surface area contributed by atoms with E-state index >= 15 is 0 Å². The van der Waals surface area contributed by atoms with E-state index < -0.39 is 0 Å². The molecule has 5 heteroatoms. The second-order valence-electron chi connectivity index (χ2n) is 3.49. The van der Waals surface area contributed by atoms with Crippen molar-refractivity contribution in [1.82, 2.24) is 9.97 Å². The van der Waals surface area contributed by atoms with Crippen molar-refractivity contribution in [3.8, 4) is 6.07 Å². The standard InChI is InChI=1S/C10H12N4O/c11-7-9-10(13-4-3-12-9)14(5-6-15)8-1-2-8/h3-4,8,15H,1-2,5-6H2. The van der Waals surface area contributed by atoms with E-state index in [0.29, 0.717) is 24.1 Å². The van der Waals surface area contributed by atoms with E-state index in [2.05, 4.69) is 9.97 Å². The maximum absolute atomic E-state index is 8.97. The lowest BCUT2D eigenvalue weighted by atomic mass is 10.3. The molecule has 1 N–H and O–H groups in total. The zero-order valence-corrected chi connectivity index (χ0v) is 8.30. The minimum atomic E-state index is 0.0674. The van der Waals surface area contributed by atoms with Gasteiger partial charge in [0.2, 0.25) is 0 Å². The summed E-state index contributed by atoms with van der Waals surface area (Å²) in [7, 11) is 0. The van der Waals surface area contributed by atoms with Gasteiger partial charge in [-0.15, -0.1) is 0 Å². The van der Waals surface area contributed by atoms with Gasteiger partial charge < -0.3 is 10.0 Å². The van der Waals surface area contributed by atoms with Crippen LogP contribution in [0.5, 0.6) is 0 Å². The van der Waals surface area contributed by atoms with E-state index in [1.807, 2.05) is 11.0 Å². The molecule has 1 aliphatic rings. The number of aliphatic hydroxyl groups excluding tert-OH is 1. The molecule has 0 spiro atoms.